The molecule has 1 aliphatic heterocycles. The summed E-state index contributed by atoms with van der Waals surface area (Å²) in [4.78, 5) is 22.8. The zero-order valence-corrected chi connectivity index (χ0v) is 16.6. The Morgan fingerprint density at radius 3 is 2.77 bits per heavy atom. The van der Waals surface area contributed by atoms with E-state index in [1.165, 1.54) is 7.11 Å². The van der Waals surface area contributed by atoms with Crippen molar-refractivity contribution in [1.29, 1.82) is 5.26 Å². The quantitative estimate of drug-likeness (QED) is 0.645. The molecule has 1 fully saturated rings. The second kappa shape index (κ2) is 8.62. The van der Waals surface area contributed by atoms with E-state index in [9.17, 15) is 10.1 Å². The van der Waals surface area contributed by atoms with E-state index in [0.717, 1.165) is 37.2 Å². The third-order valence-corrected chi connectivity index (χ3v) is 5.05. The van der Waals surface area contributed by atoms with Gasteiger partial charge < -0.3 is 15.0 Å². The summed E-state index contributed by atoms with van der Waals surface area (Å²) in [7, 11) is 1.35. The highest BCUT2D eigenvalue weighted by atomic mass is 16.5. The molecule has 3 aromatic rings. The number of hydrogen-bond acceptors (Lipinski definition) is 7. The number of nitrogens with zero attached hydrogens (tertiary/aromatic N) is 4. The van der Waals surface area contributed by atoms with Crippen LogP contribution in [0.3, 0.4) is 0 Å². The number of nitrogens with one attached hydrogen (secondary N) is 1. The minimum atomic E-state index is -0.407. The molecule has 30 heavy (non-hydrogen) atoms. The Bertz CT molecular complexity index is 1120. The van der Waals surface area contributed by atoms with Crippen molar-refractivity contribution in [3.05, 3.63) is 65.9 Å². The summed E-state index contributed by atoms with van der Waals surface area (Å²) in [5, 5.41) is 12.7. The summed E-state index contributed by atoms with van der Waals surface area (Å²) in [6.45, 7) is 1.97. The number of aromatic nitrogens is 2. The van der Waals surface area contributed by atoms with Crippen LogP contribution < -0.4 is 10.2 Å². The fourth-order valence-corrected chi connectivity index (χ4v) is 3.57. The minimum Gasteiger partial charge on any atom is -0.465 e. The lowest BCUT2D eigenvalue weighted by molar-refractivity contribution is 0.0601. The lowest BCUT2D eigenvalue weighted by atomic mass is 10.1. The first-order valence-electron chi connectivity index (χ1n) is 9.76. The van der Waals surface area contributed by atoms with Crippen molar-refractivity contribution in [2.75, 3.05) is 30.4 Å². The molecule has 7 heteroatoms. The van der Waals surface area contributed by atoms with Crippen molar-refractivity contribution >= 4 is 23.3 Å². The van der Waals surface area contributed by atoms with Crippen LogP contribution in [0.2, 0.25) is 0 Å². The molecule has 0 amide bonds. The molecule has 2 aromatic carbocycles. The molecule has 1 N–H and O–H groups in total. The maximum absolute atomic E-state index is 11.7. The summed E-state index contributed by atoms with van der Waals surface area (Å²) in [5.41, 5.74) is 4.30. The van der Waals surface area contributed by atoms with E-state index in [0.29, 0.717) is 28.5 Å². The predicted octanol–water partition coefficient (Wildman–Crippen LogP) is 4.15. The molecular weight excluding hydrogens is 378 g/mol. The number of nitriles is 1. The van der Waals surface area contributed by atoms with E-state index in [-0.39, 0.29) is 0 Å². The zero-order valence-electron chi connectivity index (χ0n) is 16.6. The van der Waals surface area contributed by atoms with E-state index >= 15 is 0 Å². The Labute approximate surface area is 175 Å². The number of carbonyl (C=O) groups excluding carboxylic acids is 1. The Morgan fingerprint density at radius 2 is 2.00 bits per heavy atom. The van der Waals surface area contributed by atoms with Gasteiger partial charge in [-0.15, -0.1) is 0 Å². The van der Waals surface area contributed by atoms with Crippen LogP contribution in [0, 0.1) is 11.3 Å². The van der Waals surface area contributed by atoms with E-state index in [1.54, 1.807) is 24.4 Å². The fourth-order valence-electron chi connectivity index (χ4n) is 3.57. The van der Waals surface area contributed by atoms with E-state index in [2.05, 4.69) is 26.3 Å². The van der Waals surface area contributed by atoms with Crippen LogP contribution in [-0.4, -0.2) is 36.1 Å². The van der Waals surface area contributed by atoms with Gasteiger partial charge in [-0.2, -0.15) is 5.26 Å². The number of anilines is 3. The second-order valence-electron chi connectivity index (χ2n) is 7.00. The molecule has 0 unspecified atom stereocenters. The van der Waals surface area contributed by atoms with Gasteiger partial charge in [-0.3, -0.25) is 0 Å². The summed E-state index contributed by atoms with van der Waals surface area (Å²) < 4.78 is 4.76. The smallest absolute Gasteiger partial charge is 0.337 e. The van der Waals surface area contributed by atoms with Crippen LogP contribution in [0.25, 0.3) is 11.3 Å². The first-order valence-corrected chi connectivity index (χ1v) is 9.76. The van der Waals surface area contributed by atoms with Gasteiger partial charge in [-0.05, 0) is 49.2 Å². The second-order valence-corrected chi connectivity index (χ2v) is 7.00. The lowest BCUT2D eigenvalue weighted by Gasteiger charge is -2.19. The van der Waals surface area contributed by atoms with Gasteiger partial charge in [-0.25, -0.2) is 14.8 Å². The van der Waals surface area contributed by atoms with E-state index in [1.807, 2.05) is 30.3 Å². The number of rotatable bonds is 5. The van der Waals surface area contributed by atoms with Crippen LogP contribution in [0.4, 0.5) is 17.3 Å². The average molecular weight is 399 g/mol. The average Bonchev–Trinajstić information content (AvgIpc) is 3.33. The van der Waals surface area contributed by atoms with Crippen LogP contribution in [0.1, 0.15) is 28.8 Å². The fraction of sp³-hybridized carbons (Fsp3) is 0.217. The van der Waals surface area contributed by atoms with Crippen molar-refractivity contribution < 1.29 is 9.53 Å². The van der Waals surface area contributed by atoms with Gasteiger partial charge in [0.15, 0.2) is 0 Å². The Hall–Kier alpha value is -3.92. The maximum Gasteiger partial charge on any atom is 0.337 e. The van der Waals surface area contributed by atoms with Crippen molar-refractivity contribution in [3.63, 3.8) is 0 Å². The summed E-state index contributed by atoms with van der Waals surface area (Å²) >= 11 is 0. The first kappa shape index (κ1) is 19.4. The molecule has 150 valence electrons. The number of benzene rings is 2. The largest absolute Gasteiger partial charge is 0.465 e. The topological polar surface area (TPSA) is 91.1 Å². The standard InChI is InChI=1S/C23H21N5O2/c1-30-22(29)17-5-4-6-19(14-17)26-23-25-10-9-20(27-23)16-7-8-21(18(13-16)15-24)28-11-2-3-12-28/h4-10,13-14H,2-3,11-12H2,1H3,(H,25,26,27). The van der Waals surface area contributed by atoms with Gasteiger partial charge in [0.1, 0.15) is 6.07 Å². The number of methoxy groups -OCH3 is 1. The summed E-state index contributed by atoms with van der Waals surface area (Å²) in [6, 6.07) is 16.9. The van der Waals surface area contributed by atoms with Crippen LogP contribution in [0.15, 0.2) is 54.7 Å². The predicted molar refractivity (Wildman–Crippen MR) is 115 cm³/mol. The zero-order chi connectivity index (χ0) is 20.9. The van der Waals surface area contributed by atoms with Crippen molar-refractivity contribution in [3.8, 4) is 17.3 Å². The Kier molecular flexibility index (Phi) is 5.57. The molecule has 1 saturated heterocycles. The third kappa shape index (κ3) is 4.08. The third-order valence-electron chi connectivity index (χ3n) is 5.05. The van der Waals surface area contributed by atoms with Crippen molar-refractivity contribution in [2.24, 2.45) is 0 Å². The summed E-state index contributed by atoms with van der Waals surface area (Å²) in [5.74, 6) is -0.00733. The highest BCUT2D eigenvalue weighted by Gasteiger charge is 2.17. The van der Waals surface area contributed by atoms with Crippen molar-refractivity contribution in [1.82, 2.24) is 9.97 Å². The summed E-state index contributed by atoms with van der Waals surface area (Å²) in [6.07, 6.45) is 3.98. The van der Waals surface area contributed by atoms with Gasteiger partial charge in [0, 0.05) is 30.5 Å². The van der Waals surface area contributed by atoms with E-state index < -0.39 is 5.97 Å². The molecule has 0 spiro atoms. The minimum absolute atomic E-state index is 0.400. The van der Waals surface area contributed by atoms with Crippen LogP contribution in [0.5, 0.6) is 0 Å². The van der Waals surface area contributed by atoms with Crippen LogP contribution >= 0.6 is 0 Å². The molecule has 0 saturated carbocycles. The monoisotopic (exact) mass is 399 g/mol. The number of ether oxygens (including phenoxy) is 1. The normalized spacial score (nSPS) is 13.0. The highest BCUT2D eigenvalue weighted by Crippen LogP contribution is 2.29. The molecule has 7 nitrogen and oxygen atoms in total. The van der Waals surface area contributed by atoms with Crippen molar-refractivity contribution in [2.45, 2.75) is 12.8 Å². The van der Waals surface area contributed by atoms with Gasteiger partial charge in [0.05, 0.1) is 29.6 Å². The molecule has 1 aromatic heterocycles. The number of esters is 1. The number of carbonyl (C=O) groups is 1. The maximum atomic E-state index is 11.7. The van der Waals surface area contributed by atoms with E-state index in [4.69, 9.17) is 4.74 Å². The van der Waals surface area contributed by atoms with Gasteiger partial charge in [-0.1, -0.05) is 12.1 Å². The lowest BCUT2D eigenvalue weighted by Crippen LogP contribution is -2.18. The first-order chi connectivity index (χ1) is 14.7. The Morgan fingerprint density at radius 1 is 1.17 bits per heavy atom. The molecule has 0 aliphatic carbocycles. The molecule has 1 aliphatic rings. The molecule has 2 heterocycles. The van der Waals surface area contributed by atoms with Gasteiger partial charge >= 0.3 is 5.97 Å². The molecule has 0 atom stereocenters. The molecule has 4 rings (SSSR count). The molecule has 0 radical (unpaired) electrons. The van der Waals surface area contributed by atoms with Gasteiger partial charge in [0.2, 0.25) is 5.95 Å². The number of hydrogen-bond donors (Lipinski definition) is 1. The van der Waals surface area contributed by atoms with Gasteiger partial charge in [0.25, 0.3) is 0 Å². The molecule has 0 bridgehead atoms. The molecular formula is C23H21N5O2. The SMILES string of the molecule is COC(=O)c1cccc(Nc2nccc(-c3ccc(N4CCCC4)c(C#N)c3)n2)c1. The Balaban J connectivity index is 1.59. The highest BCUT2D eigenvalue weighted by molar-refractivity contribution is 5.90. The van der Waals surface area contributed by atoms with Crippen LogP contribution in [-0.2, 0) is 4.74 Å².